The van der Waals surface area contributed by atoms with Crippen LogP contribution in [0.5, 0.6) is 0 Å². The van der Waals surface area contributed by atoms with Crippen molar-refractivity contribution < 1.29 is 14.1 Å². The van der Waals surface area contributed by atoms with Crippen molar-refractivity contribution in [3.8, 4) is 22.0 Å². The highest BCUT2D eigenvalue weighted by Crippen LogP contribution is 2.28. The van der Waals surface area contributed by atoms with E-state index in [0.717, 1.165) is 26.7 Å². The first-order chi connectivity index (χ1) is 14.2. The zero-order valence-corrected chi connectivity index (χ0v) is 16.6. The van der Waals surface area contributed by atoms with Crippen LogP contribution in [0, 0.1) is 6.92 Å². The average Bonchev–Trinajstić information content (AvgIpc) is 3.39. The van der Waals surface area contributed by atoms with E-state index < -0.39 is 0 Å². The van der Waals surface area contributed by atoms with Crippen molar-refractivity contribution in [2.45, 2.75) is 26.4 Å². The molecule has 0 saturated heterocycles. The normalized spacial score (nSPS) is 10.8. The Kier molecular flexibility index (Phi) is 5.71. The van der Waals surface area contributed by atoms with Crippen LogP contribution in [0.1, 0.15) is 22.9 Å². The van der Waals surface area contributed by atoms with Crippen molar-refractivity contribution in [2.75, 3.05) is 0 Å². The van der Waals surface area contributed by atoms with Crippen molar-refractivity contribution in [1.29, 1.82) is 0 Å². The topological polar surface area (TPSA) is 91.0 Å². The molecule has 3 aromatic heterocycles. The molecule has 0 aliphatic heterocycles. The van der Waals surface area contributed by atoms with Crippen LogP contribution in [0.2, 0.25) is 0 Å². The van der Waals surface area contributed by atoms with E-state index in [2.05, 4.69) is 20.1 Å². The Morgan fingerprint density at radius 1 is 1.10 bits per heavy atom. The fourth-order valence-corrected chi connectivity index (χ4v) is 3.64. The molecule has 29 heavy (non-hydrogen) atoms. The maximum Gasteiger partial charge on any atom is 0.306 e. The average molecular weight is 406 g/mol. The first-order valence-corrected chi connectivity index (χ1v) is 9.91. The van der Waals surface area contributed by atoms with Gasteiger partial charge in [0.15, 0.2) is 0 Å². The van der Waals surface area contributed by atoms with Crippen molar-refractivity contribution in [2.24, 2.45) is 0 Å². The number of aryl methyl sites for hydroxylation is 2. The van der Waals surface area contributed by atoms with E-state index in [0.29, 0.717) is 18.1 Å². The van der Waals surface area contributed by atoms with Crippen LogP contribution in [0.4, 0.5) is 0 Å². The summed E-state index contributed by atoms with van der Waals surface area (Å²) < 4.78 is 10.6. The van der Waals surface area contributed by atoms with Crippen molar-refractivity contribution in [3.63, 3.8) is 0 Å². The number of hydrogen-bond donors (Lipinski definition) is 0. The van der Waals surface area contributed by atoms with Crippen LogP contribution in [0.3, 0.4) is 0 Å². The maximum absolute atomic E-state index is 12.1. The van der Waals surface area contributed by atoms with Crippen LogP contribution in [-0.2, 0) is 22.6 Å². The predicted molar refractivity (Wildman–Crippen MR) is 108 cm³/mol. The first kappa shape index (κ1) is 18.9. The number of aromatic nitrogens is 4. The van der Waals surface area contributed by atoms with E-state index in [1.165, 1.54) is 11.3 Å². The number of carbonyl (C=O) groups is 1. The van der Waals surface area contributed by atoms with Gasteiger partial charge in [-0.05, 0) is 19.1 Å². The lowest BCUT2D eigenvalue weighted by Crippen LogP contribution is -2.06. The summed E-state index contributed by atoms with van der Waals surface area (Å²) in [6.07, 6.45) is 3.82. The van der Waals surface area contributed by atoms with Gasteiger partial charge in [-0.1, -0.05) is 35.5 Å². The smallest absolute Gasteiger partial charge is 0.306 e. The van der Waals surface area contributed by atoms with Gasteiger partial charge in [0.2, 0.25) is 11.7 Å². The molecule has 0 saturated carbocycles. The Labute approximate surface area is 171 Å². The SMILES string of the molecule is Cc1nc(-c2ccccc2)sc1COC(=O)CCc1nc(-c2cccnc2)no1. The van der Waals surface area contributed by atoms with E-state index in [4.69, 9.17) is 9.26 Å². The summed E-state index contributed by atoms with van der Waals surface area (Å²) in [6.45, 7) is 2.13. The van der Waals surface area contributed by atoms with Gasteiger partial charge in [0.1, 0.15) is 11.6 Å². The summed E-state index contributed by atoms with van der Waals surface area (Å²) in [5, 5.41) is 4.84. The van der Waals surface area contributed by atoms with E-state index in [1.54, 1.807) is 18.5 Å². The molecular formula is C21H18N4O3S. The van der Waals surface area contributed by atoms with Gasteiger partial charge in [0.25, 0.3) is 0 Å². The van der Waals surface area contributed by atoms with Crippen molar-refractivity contribution in [3.05, 3.63) is 71.3 Å². The standard InChI is InChI=1S/C21H18N4O3S/c1-14-17(29-21(23-14)15-6-3-2-4-7-15)13-27-19(26)10-9-18-24-20(25-28-18)16-8-5-11-22-12-16/h2-8,11-12H,9-10,13H2,1H3. The molecule has 0 atom stereocenters. The summed E-state index contributed by atoms with van der Waals surface area (Å²) >= 11 is 1.53. The molecule has 0 aliphatic carbocycles. The van der Waals surface area contributed by atoms with Gasteiger partial charge in [-0.3, -0.25) is 9.78 Å². The van der Waals surface area contributed by atoms with Gasteiger partial charge in [0.05, 0.1) is 17.0 Å². The molecule has 0 aliphatic rings. The number of thiazole rings is 1. The van der Waals surface area contributed by atoms with Gasteiger partial charge in [-0.15, -0.1) is 11.3 Å². The Balaban J connectivity index is 1.30. The van der Waals surface area contributed by atoms with E-state index in [-0.39, 0.29) is 19.0 Å². The minimum atomic E-state index is -0.319. The molecular weight excluding hydrogens is 388 g/mol. The number of ether oxygens (including phenoxy) is 1. The molecule has 0 radical (unpaired) electrons. The lowest BCUT2D eigenvalue weighted by atomic mass is 10.2. The predicted octanol–water partition coefficient (Wildman–Crippen LogP) is 4.24. The van der Waals surface area contributed by atoms with Crippen LogP contribution in [0.25, 0.3) is 22.0 Å². The number of rotatable bonds is 7. The second-order valence-electron chi connectivity index (χ2n) is 6.31. The van der Waals surface area contributed by atoms with Crippen molar-refractivity contribution >= 4 is 17.3 Å². The Morgan fingerprint density at radius 3 is 2.72 bits per heavy atom. The second-order valence-corrected chi connectivity index (χ2v) is 7.39. The molecule has 0 spiro atoms. The van der Waals surface area contributed by atoms with Gasteiger partial charge < -0.3 is 9.26 Å². The van der Waals surface area contributed by atoms with Crippen molar-refractivity contribution in [1.82, 2.24) is 20.1 Å². The Morgan fingerprint density at radius 2 is 1.93 bits per heavy atom. The number of nitrogens with zero attached hydrogens (tertiary/aromatic N) is 4. The highest BCUT2D eigenvalue weighted by molar-refractivity contribution is 7.15. The van der Waals surface area contributed by atoms with Gasteiger partial charge >= 0.3 is 5.97 Å². The minimum absolute atomic E-state index is 0.165. The molecule has 1 aromatic carbocycles. The lowest BCUT2D eigenvalue weighted by Gasteiger charge is -2.02. The third kappa shape index (κ3) is 4.72. The van der Waals surface area contributed by atoms with Crippen LogP contribution in [-0.4, -0.2) is 26.1 Å². The molecule has 0 bridgehead atoms. The molecule has 7 nitrogen and oxygen atoms in total. The number of esters is 1. The summed E-state index contributed by atoms with van der Waals surface area (Å²) in [5.41, 5.74) is 2.69. The van der Waals surface area contributed by atoms with Gasteiger partial charge in [0, 0.05) is 29.9 Å². The highest BCUT2D eigenvalue weighted by Gasteiger charge is 2.14. The third-order valence-corrected chi connectivity index (χ3v) is 5.39. The molecule has 146 valence electrons. The van der Waals surface area contributed by atoms with Gasteiger partial charge in [-0.2, -0.15) is 4.98 Å². The van der Waals surface area contributed by atoms with E-state index >= 15 is 0 Å². The van der Waals surface area contributed by atoms with E-state index in [9.17, 15) is 4.79 Å². The summed E-state index contributed by atoms with van der Waals surface area (Å²) in [7, 11) is 0. The third-order valence-electron chi connectivity index (χ3n) is 4.21. The van der Waals surface area contributed by atoms with E-state index in [1.807, 2.05) is 43.3 Å². The molecule has 0 fully saturated rings. The molecule has 0 unspecified atom stereocenters. The number of benzene rings is 1. The number of hydrogen-bond acceptors (Lipinski definition) is 8. The van der Waals surface area contributed by atoms with Crippen LogP contribution in [0.15, 0.2) is 59.4 Å². The zero-order valence-electron chi connectivity index (χ0n) is 15.7. The van der Waals surface area contributed by atoms with Gasteiger partial charge in [-0.25, -0.2) is 4.98 Å². The Hall–Kier alpha value is -3.39. The maximum atomic E-state index is 12.1. The number of carbonyl (C=O) groups excluding carboxylic acids is 1. The molecule has 3 heterocycles. The second kappa shape index (κ2) is 8.74. The van der Waals surface area contributed by atoms with Crippen LogP contribution >= 0.6 is 11.3 Å². The molecule has 0 N–H and O–H groups in total. The monoisotopic (exact) mass is 406 g/mol. The summed E-state index contributed by atoms with van der Waals surface area (Å²) in [6, 6.07) is 13.6. The number of pyridine rings is 1. The molecule has 4 rings (SSSR count). The minimum Gasteiger partial charge on any atom is -0.460 e. The Bertz CT molecular complexity index is 1090. The lowest BCUT2D eigenvalue weighted by molar-refractivity contribution is -0.144. The first-order valence-electron chi connectivity index (χ1n) is 9.09. The molecule has 8 heteroatoms. The highest BCUT2D eigenvalue weighted by atomic mass is 32.1. The zero-order chi connectivity index (χ0) is 20.1. The molecule has 4 aromatic rings. The molecule has 0 amide bonds. The fourth-order valence-electron chi connectivity index (χ4n) is 2.66. The largest absolute Gasteiger partial charge is 0.460 e. The summed E-state index contributed by atoms with van der Waals surface area (Å²) in [4.78, 5) is 25.9. The quantitative estimate of drug-likeness (QED) is 0.424. The van der Waals surface area contributed by atoms with Crippen LogP contribution < -0.4 is 0 Å². The fraction of sp³-hybridized carbons (Fsp3) is 0.190. The summed E-state index contributed by atoms with van der Waals surface area (Å²) in [5.74, 6) is 0.525.